The van der Waals surface area contributed by atoms with E-state index in [-0.39, 0.29) is 11.9 Å². The van der Waals surface area contributed by atoms with Crippen LogP contribution in [0, 0.1) is 5.82 Å². The first kappa shape index (κ1) is 16.1. The lowest BCUT2D eigenvalue weighted by atomic mass is 10.1. The molecule has 0 radical (unpaired) electrons. The van der Waals surface area contributed by atoms with E-state index < -0.39 is 0 Å². The van der Waals surface area contributed by atoms with E-state index in [1.165, 1.54) is 12.1 Å². The zero-order valence-electron chi connectivity index (χ0n) is 11.8. The van der Waals surface area contributed by atoms with Crippen LogP contribution >= 0.6 is 0 Å². The molecule has 0 amide bonds. The third-order valence-corrected chi connectivity index (χ3v) is 2.73. The van der Waals surface area contributed by atoms with Gasteiger partial charge in [0.25, 0.3) is 0 Å². The second kappa shape index (κ2) is 9.89. The average molecular weight is 269 g/mol. The fourth-order valence-corrected chi connectivity index (χ4v) is 1.78. The number of ether oxygens (including phenoxy) is 2. The van der Waals surface area contributed by atoms with Crippen molar-refractivity contribution in [3.05, 3.63) is 35.6 Å². The van der Waals surface area contributed by atoms with Gasteiger partial charge in [-0.25, -0.2) is 4.39 Å². The molecular formula is C15H24FNO2. The van der Waals surface area contributed by atoms with E-state index in [2.05, 4.69) is 12.2 Å². The first-order valence-electron chi connectivity index (χ1n) is 6.93. The van der Waals surface area contributed by atoms with Crippen molar-refractivity contribution in [1.82, 2.24) is 5.32 Å². The molecule has 1 atom stereocenters. The van der Waals surface area contributed by atoms with Crippen LogP contribution in [-0.2, 0) is 9.47 Å². The highest BCUT2D eigenvalue weighted by Crippen LogP contribution is 2.17. The number of benzene rings is 1. The highest BCUT2D eigenvalue weighted by atomic mass is 19.1. The van der Waals surface area contributed by atoms with Gasteiger partial charge in [-0.2, -0.15) is 0 Å². The Bertz CT molecular complexity index is 347. The van der Waals surface area contributed by atoms with E-state index in [0.717, 1.165) is 18.5 Å². The zero-order chi connectivity index (χ0) is 13.9. The van der Waals surface area contributed by atoms with Gasteiger partial charge < -0.3 is 14.8 Å². The van der Waals surface area contributed by atoms with Crippen LogP contribution in [0.4, 0.5) is 4.39 Å². The van der Waals surface area contributed by atoms with Gasteiger partial charge in [0.15, 0.2) is 0 Å². The maximum Gasteiger partial charge on any atom is 0.123 e. The Hall–Kier alpha value is -0.970. The number of hydrogen-bond acceptors (Lipinski definition) is 3. The summed E-state index contributed by atoms with van der Waals surface area (Å²) < 4.78 is 24.3. The van der Waals surface area contributed by atoms with Gasteiger partial charge >= 0.3 is 0 Å². The van der Waals surface area contributed by atoms with Gasteiger partial charge in [-0.1, -0.05) is 19.1 Å². The summed E-state index contributed by atoms with van der Waals surface area (Å²) in [6.07, 6.45) is 0.928. The summed E-state index contributed by atoms with van der Waals surface area (Å²) in [6.45, 7) is 7.44. The fraction of sp³-hybridized carbons (Fsp3) is 0.600. The molecule has 0 saturated carbocycles. The molecule has 108 valence electrons. The van der Waals surface area contributed by atoms with Crippen molar-refractivity contribution in [3.63, 3.8) is 0 Å². The molecule has 0 aliphatic rings. The minimum Gasteiger partial charge on any atom is -0.379 e. The van der Waals surface area contributed by atoms with Gasteiger partial charge in [0.2, 0.25) is 0 Å². The topological polar surface area (TPSA) is 30.5 Å². The van der Waals surface area contributed by atoms with Crippen molar-refractivity contribution in [3.8, 4) is 0 Å². The standard InChI is InChI=1S/C15H24FNO2/c1-3-8-17-12-15(19-10-9-18-4-2)13-6-5-7-14(16)11-13/h5-7,11,15,17H,3-4,8-10,12H2,1-2H3. The molecule has 0 bridgehead atoms. The van der Waals surface area contributed by atoms with Crippen molar-refractivity contribution in [2.75, 3.05) is 32.9 Å². The normalized spacial score (nSPS) is 12.6. The fourth-order valence-electron chi connectivity index (χ4n) is 1.78. The Morgan fingerprint density at radius 3 is 2.79 bits per heavy atom. The summed E-state index contributed by atoms with van der Waals surface area (Å²) in [4.78, 5) is 0. The molecule has 19 heavy (non-hydrogen) atoms. The Labute approximate surface area is 115 Å². The minimum atomic E-state index is -0.230. The second-order valence-electron chi connectivity index (χ2n) is 4.32. The van der Waals surface area contributed by atoms with Gasteiger partial charge in [-0.15, -0.1) is 0 Å². The molecule has 1 aromatic carbocycles. The minimum absolute atomic E-state index is 0.136. The van der Waals surface area contributed by atoms with Crippen LogP contribution in [0.1, 0.15) is 31.9 Å². The van der Waals surface area contributed by atoms with E-state index in [4.69, 9.17) is 9.47 Å². The number of nitrogens with one attached hydrogen (secondary N) is 1. The number of rotatable bonds is 10. The van der Waals surface area contributed by atoms with Crippen LogP contribution in [0.2, 0.25) is 0 Å². The molecule has 1 rings (SSSR count). The monoisotopic (exact) mass is 269 g/mol. The van der Waals surface area contributed by atoms with E-state index in [9.17, 15) is 4.39 Å². The molecular weight excluding hydrogens is 245 g/mol. The van der Waals surface area contributed by atoms with Gasteiger partial charge in [0.05, 0.1) is 19.3 Å². The predicted molar refractivity (Wildman–Crippen MR) is 74.7 cm³/mol. The summed E-state index contributed by atoms with van der Waals surface area (Å²) >= 11 is 0. The largest absolute Gasteiger partial charge is 0.379 e. The summed E-state index contributed by atoms with van der Waals surface area (Å²) in [5, 5.41) is 3.31. The average Bonchev–Trinajstić information content (AvgIpc) is 2.41. The Kier molecular flexibility index (Phi) is 8.38. The van der Waals surface area contributed by atoms with Crippen LogP contribution in [-0.4, -0.2) is 32.9 Å². The van der Waals surface area contributed by atoms with Gasteiger partial charge in [0, 0.05) is 13.2 Å². The molecule has 0 spiro atoms. The third kappa shape index (κ3) is 6.66. The van der Waals surface area contributed by atoms with E-state index in [1.807, 2.05) is 13.0 Å². The Morgan fingerprint density at radius 1 is 1.26 bits per heavy atom. The Morgan fingerprint density at radius 2 is 2.11 bits per heavy atom. The van der Waals surface area contributed by atoms with Gasteiger partial charge in [-0.3, -0.25) is 0 Å². The third-order valence-electron chi connectivity index (χ3n) is 2.73. The highest BCUT2D eigenvalue weighted by molar-refractivity contribution is 5.19. The quantitative estimate of drug-likeness (QED) is 0.662. The molecule has 0 aromatic heterocycles. The molecule has 0 fully saturated rings. The smallest absolute Gasteiger partial charge is 0.123 e. The molecule has 1 N–H and O–H groups in total. The van der Waals surface area contributed by atoms with E-state index >= 15 is 0 Å². The van der Waals surface area contributed by atoms with Gasteiger partial charge in [-0.05, 0) is 37.6 Å². The van der Waals surface area contributed by atoms with Gasteiger partial charge in [0.1, 0.15) is 5.82 Å². The first-order chi connectivity index (χ1) is 9.27. The van der Waals surface area contributed by atoms with E-state index in [1.54, 1.807) is 6.07 Å². The maximum atomic E-state index is 13.3. The SMILES string of the molecule is CCCNCC(OCCOCC)c1cccc(F)c1. The predicted octanol–water partition coefficient (Wildman–Crippen LogP) is 2.92. The molecule has 0 saturated heterocycles. The van der Waals surface area contributed by atoms with Crippen LogP contribution in [0.5, 0.6) is 0 Å². The van der Waals surface area contributed by atoms with Crippen molar-refractivity contribution in [2.45, 2.75) is 26.4 Å². The van der Waals surface area contributed by atoms with Crippen LogP contribution < -0.4 is 5.32 Å². The lowest BCUT2D eigenvalue weighted by molar-refractivity contribution is 0.00684. The van der Waals surface area contributed by atoms with Crippen molar-refractivity contribution in [2.24, 2.45) is 0 Å². The molecule has 0 aliphatic carbocycles. The summed E-state index contributed by atoms with van der Waals surface area (Å²) in [7, 11) is 0. The van der Waals surface area contributed by atoms with E-state index in [0.29, 0.717) is 26.4 Å². The highest BCUT2D eigenvalue weighted by Gasteiger charge is 2.12. The molecule has 4 heteroatoms. The van der Waals surface area contributed by atoms with Crippen LogP contribution in [0.15, 0.2) is 24.3 Å². The molecule has 3 nitrogen and oxygen atoms in total. The van der Waals surface area contributed by atoms with Crippen LogP contribution in [0.25, 0.3) is 0 Å². The second-order valence-corrected chi connectivity index (χ2v) is 4.32. The maximum absolute atomic E-state index is 13.3. The van der Waals surface area contributed by atoms with Crippen molar-refractivity contribution >= 4 is 0 Å². The molecule has 0 heterocycles. The molecule has 1 unspecified atom stereocenters. The van der Waals surface area contributed by atoms with Crippen molar-refractivity contribution in [1.29, 1.82) is 0 Å². The van der Waals surface area contributed by atoms with Crippen LogP contribution in [0.3, 0.4) is 0 Å². The Balaban J connectivity index is 2.52. The summed E-state index contributed by atoms with van der Waals surface area (Å²) in [5.74, 6) is -0.230. The lowest BCUT2D eigenvalue weighted by Gasteiger charge is -2.19. The number of halogens is 1. The number of hydrogen-bond donors (Lipinski definition) is 1. The molecule has 0 aliphatic heterocycles. The molecule has 1 aromatic rings. The van der Waals surface area contributed by atoms with Crippen molar-refractivity contribution < 1.29 is 13.9 Å². The zero-order valence-corrected chi connectivity index (χ0v) is 11.8. The summed E-state index contributed by atoms with van der Waals surface area (Å²) in [6, 6.07) is 6.57. The first-order valence-corrected chi connectivity index (χ1v) is 6.93. The summed E-state index contributed by atoms with van der Waals surface area (Å²) in [5.41, 5.74) is 0.861. The lowest BCUT2D eigenvalue weighted by Crippen LogP contribution is -2.25.